The van der Waals surface area contributed by atoms with Gasteiger partial charge < -0.3 is 5.11 Å². The van der Waals surface area contributed by atoms with Crippen molar-refractivity contribution in [3.8, 4) is 11.8 Å². The van der Waals surface area contributed by atoms with E-state index in [1.165, 1.54) is 0 Å². The van der Waals surface area contributed by atoms with E-state index in [0.29, 0.717) is 42.4 Å². The van der Waals surface area contributed by atoms with Gasteiger partial charge in [0.25, 0.3) is 5.56 Å². The molecule has 1 atom stereocenters. The second kappa shape index (κ2) is 6.50. The van der Waals surface area contributed by atoms with Crippen LogP contribution in [0.4, 0.5) is 0 Å². The van der Waals surface area contributed by atoms with Gasteiger partial charge >= 0.3 is 0 Å². The number of fused-ring (bicyclic) bond motifs is 2. The van der Waals surface area contributed by atoms with Crippen molar-refractivity contribution in [3.05, 3.63) is 70.0 Å². The molecule has 3 heterocycles. The number of nitrogens with zero attached hydrogens (tertiary/aromatic N) is 3. The summed E-state index contributed by atoms with van der Waals surface area (Å²) in [6, 6.07) is 11.0. The number of aliphatic hydroxyl groups is 1. The smallest absolute Gasteiger partial charge is 0.261 e. The fraction of sp³-hybridized carbons (Fsp3) is 0.250. The zero-order valence-electron chi connectivity index (χ0n) is 13.6. The molecule has 124 valence electrons. The van der Waals surface area contributed by atoms with Crippen molar-refractivity contribution >= 4 is 10.9 Å². The summed E-state index contributed by atoms with van der Waals surface area (Å²) in [4.78, 5) is 21.6. The predicted octanol–water partition coefficient (Wildman–Crippen LogP) is 1.89. The molecule has 3 aromatic rings. The topological polar surface area (TPSA) is 68.0 Å². The lowest BCUT2D eigenvalue weighted by Crippen LogP contribution is -2.24. The van der Waals surface area contributed by atoms with E-state index in [-0.39, 0.29) is 11.7 Å². The Kier molecular flexibility index (Phi) is 4.04. The van der Waals surface area contributed by atoms with Crippen LogP contribution in [0.3, 0.4) is 0 Å². The third-order valence-corrected chi connectivity index (χ3v) is 4.42. The lowest BCUT2D eigenvalue weighted by atomic mass is 10.1. The lowest BCUT2D eigenvalue weighted by molar-refractivity contribution is 0.155. The van der Waals surface area contributed by atoms with Gasteiger partial charge in [0.1, 0.15) is 11.5 Å². The van der Waals surface area contributed by atoms with Crippen molar-refractivity contribution in [1.29, 1.82) is 0 Å². The molecule has 1 aromatic carbocycles. The molecule has 0 saturated heterocycles. The van der Waals surface area contributed by atoms with Crippen LogP contribution >= 0.6 is 0 Å². The first-order valence-electron chi connectivity index (χ1n) is 8.35. The molecule has 4 rings (SSSR count). The molecule has 1 N–H and O–H groups in total. The van der Waals surface area contributed by atoms with Crippen LogP contribution in [0, 0.1) is 11.8 Å². The monoisotopic (exact) mass is 331 g/mol. The molecule has 0 saturated carbocycles. The SMILES string of the molecule is O=c1c2ccc(C#Cc3ccccn3)cc2nc2n1CCC(O)CC2. The van der Waals surface area contributed by atoms with E-state index in [0.717, 1.165) is 11.4 Å². The van der Waals surface area contributed by atoms with E-state index in [1.807, 2.05) is 30.3 Å². The van der Waals surface area contributed by atoms with Crippen molar-refractivity contribution in [2.75, 3.05) is 0 Å². The normalized spacial score (nSPS) is 16.6. The molecule has 5 heteroatoms. The highest BCUT2D eigenvalue weighted by Crippen LogP contribution is 2.16. The zero-order valence-corrected chi connectivity index (χ0v) is 13.6. The van der Waals surface area contributed by atoms with Gasteiger partial charge in [-0.2, -0.15) is 0 Å². The highest BCUT2D eigenvalue weighted by Gasteiger charge is 2.17. The quantitative estimate of drug-likeness (QED) is 0.639. The Bertz CT molecular complexity index is 1050. The Hall–Kier alpha value is -2.97. The van der Waals surface area contributed by atoms with E-state index in [9.17, 15) is 9.90 Å². The fourth-order valence-corrected chi connectivity index (χ4v) is 3.06. The van der Waals surface area contributed by atoms with Crippen LogP contribution in [0.25, 0.3) is 10.9 Å². The summed E-state index contributed by atoms with van der Waals surface area (Å²) in [6.07, 6.45) is 3.17. The summed E-state index contributed by atoms with van der Waals surface area (Å²) in [7, 11) is 0. The van der Waals surface area contributed by atoms with Crippen LogP contribution in [0.2, 0.25) is 0 Å². The number of benzene rings is 1. The molecule has 1 aliphatic rings. The van der Waals surface area contributed by atoms with Gasteiger partial charge in [0.2, 0.25) is 0 Å². The minimum absolute atomic E-state index is 0.0432. The average Bonchev–Trinajstić information content (AvgIpc) is 2.83. The van der Waals surface area contributed by atoms with Gasteiger partial charge in [-0.15, -0.1) is 0 Å². The van der Waals surface area contributed by atoms with Gasteiger partial charge in [0.05, 0.1) is 17.0 Å². The van der Waals surface area contributed by atoms with Gasteiger partial charge in [0, 0.05) is 24.7 Å². The molecule has 25 heavy (non-hydrogen) atoms. The van der Waals surface area contributed by atoms with Gasteiger partial charge in [-0.25, -0.2) is 9.97 Å². The minimum atomic E-state index is -0.371. The Morgan fingerprint density at radius 1 is 1.16 bits per heavy atom. The lowest BCUT2D eigenvalue weighted by Gasteiger charge is -2.10. The highest BCUT2D eigenvalue weighted by molar-refractivity contribution is 5.79. The molecule has 0 amide bonds. The highest BCUT2D eigenvalue weighted by atomic mass is 16.3. The molecule has 1 unspecified atom stereocenters. The van der Waals surface area contributed by atoms with Crippen LogP contribution in [0.15, 0.2) is 47.4 Å². The van der Waals surface area contributed by atoms with Gasteiger partial charge in [0.15, 0.2) is 0 Å². The van der Waals surface area contributed by atoms with Crippen LogP contribution in [0.1, 0.15) is 29.9 Å². The standard InChI is InChI=1S/C20H17N3O2/c24-16-7-9-19-22-18-13-14(4-6-15-3-1-2-11-21-15)5-8-17(18)20(25)23(19)12-10-16/h1-3,5,8,11,13,16,24H,7,9-10,12H2. The molecule has 1 aliphatic heterocycles. The summed E-state index contributed by atoms with van der Waals surface area (Å²) in [5.74, 6) is 6.82. The Balaban J connectivity index is 1.77. The van der Waals surface area contributed by atoms with Crippen LogP contribution < -0.4 is 5.56 Å². The van der Waals surface area contributed by atoms with E-state index in [2.05, 4.69) is 21.8 Å². The summed E-state index contributed by atoms with van der Waals surface area (Å²) in [5.41, 5.74) is 2.11. The number of aliphatic hydroxyl groups excluding tert-OH is 1. The van der Waals surface area contributed by atoms with E-state index < -0.39 is 0 Å². The first-order chi connectivity index (χ1) is 12.2. The van der Waals surface area contributed by atoms with Gasteiger partial charge in [-0.3, -0.25) is 9.36 Å². The molecule has 0 spiro atoms. The minimum Gasteiger partial charge on any atom is -0.393 e. The Morgan fingerprint density at radius 2 is 2.08 bits per heavy atom. The molecule has 0 bridgehead atoms. The number of aromatic nitrogens is 3. The summed E-state index contributed by atoms with van der Waals surface area (Å²) in [5, 5.41) is 10.4. The molecular weight excluding hydrogens is 314 g/mol. The number of rotatable bonds is 0. The number of hydrogen-bond donors (Lipinski definition) is 1. The molecule has 0 aliphatic carbocycles. The molecule has 0 radical (unpaired) electrons. The summed E-state index contributed by atoms with van der Waals surface area (Å²) >= 11 is 0. The number of hydrogen-bond acceptors (Lipinski definition) is 4. The Morgan fingerprint density at radius 3 is 2.92 bits per heavy atom. The van der Waals surface area contributed by atoms with E-state index >= 15 is 0 Å². The second-order valence-corrected chi connectivity index (χ2v) is 6.16. The van der Waals surface area contributed by atoms with Crippen molar-refractivity contribution in [2.45, 2.75) is 31.9 Å². The van der Waals surface area contributed by atoms with Crippen LogP contribution in [-0.2, 0) is 13.0 Å². The maximum Gasteiger partial charge on any atom is 0.261 e. The molecule has 0 fully saturated rings. The molecular formula is C20H17N3O2. The number of aryl methyl sites for hydroxylation is 1. The second-order valence-electron chi connectivity index (χ2n) is 6.16. The fourth-order valence-electron chi connectivity index (χ4n) is 3.06. The van der Waals surface area contributed by atoms with Crippen LogP contribution in [0.5, 0.6) is 0 Å². The first-order valence-corrected chi connectivity index (χ1v) is 8.35. The van der Waals surface area contributed by atoms with Crippen LogP contribution in [-0.4, -0.2) is 25.7 Å². The number of pyridine rings is 1. The van der Waals surface area contributed by atoms with E-state index in [4.69, 9.17) is 0 Å². The van der Waals surface area contributed by atoms with E-state index in [1.54, 1.807) is 16.8 Å². The first kappa shape index (κ1) is 15.6. The summed E-state index contributed by atoms with van der Waals surface area (Å²) in [6.45, 7) is 0.513. The van der Waals surface area contributed by atoms with Crippen molar-refractivity contribution < 1.29 is 5.11 Å². The average molecular weight is 331 g/mol. The van der Waals surface area contributed by atoms with Gasteiger partial charge in [-0.05, 0) is 49.1 Å². The molecule has 2 aromatic heterocycles. The van der Waals surface area contributed by atoms with Crippen molar-refractivity contribution in [1.82, 2.24) is 14.5 Å². The van der Waals surface area contributed by atoms with Gasteiger partial charge in [-0.1, -0.05) is 12.0 Å². The third-order valence-electron chi connectivity index (χ3n) is 4.42. The predicted molar refractivity (Wildman–Crippen MR) is 95.2 cm³/mol. The van der Waals surface area contributed by atoms with Crippen molar-refractivity contribution in [3.63, 3.8) is 0 Å². The summed E-state index contributed by atoms with van der Waals surface area (Å²) < 4.78 is 1.69. The zero-order chi connectivity index (χ0) is 17.2. The largest absolute Gasteiger partial charge is 0.393 e. The molecule has 5 nitrogen and oxygen atoms in total. The maximum absolute atomic E-state index is 12.7. The Labute approximate surface area is 145 Å². The third kappa shape index (κ3) is 3.17. The van der Waals surface area contributed by atoms with Crippen molar-refractivity contribution in [2.24, 2.45) is 0 Å². The maximum atomic E-state index is 12.7.